The van der Waals surface area contributed by atoms with Crippen LogP contribution in [-0.4, -0.2) is 38.4 Å². The first-order valence-corrected chi connectivity index (χ1v) is 11.7. The molecule has 2 aromatic heterocycles. The lowest BCUT2D eigenvalue weighted by Crippen LogP contribution is -2.42. The van der Waals surface area contributed by atoms with E-state index in [-0.39, 0.29) is 36.6 Å². The summed E-state index contributed by atoms with van der Waals surface area (Å²) in [6, 6.07) is 5.49. The first-order chi connectivity index (χ1) is 16.8. The topological polar surface area (TPSA) is 63.4 Å². The lowest BCUT2D eigenvalue weighted by Gasteiger charge is -2.35. The van der Waals surface area contributed by atoms with Crippen LogP contribution in [0.2, 0.25) is 0 Å². The minimum Gasteiger partial charge on any atom is -0.343 e. The van der Waals surface area contributed by atoms with Crippen LogP contribution in [0.15, 0.2) is 35.5 Å². The van der Waals surface area contributed by atoms with Crippen molar-refractivity contribution in [2.45, 2.75) is 57.8 Å². The van der Waals surface area contributed by atoms with Crippen molar-refractivity contribution in [3.8, 4) is 0 Å². The van der Waals surface area contributed by atoms with Gasteiger partial charge in [0.25, 0.3) is 6.43 Å². The molecule has 1 amide bonds. The SMILES string of the molecule is CC(=O)N1CCC(F)(c2cc3c(=NCc4cccc(C(F)F)c4F)nc4n(c3cn2)CCC4)CC1. The third-order valence-corrected chi connectivity index (χ3v) is 6.95. The molecule has 0 bridgehead atoms. The number of aromatic nitrogens is 3. The number of carbonyl (C=O) groups excluding carboxylic acids is 1. The molecule has 0 N–H and O–H groups in total. The highest BCUT2D eigenvalue weighted by Gasteiger charge is 2.38. The van der Waals surface area contributed by atoms with Crippen molar-refractivity contribution < 1.29 is 22.4 Å². The van der Waals surface area contributed by atoms with Gasteiger partial charge in [-0.3, -0.25) is 14.8 Å². The summed E-state index contributed by atoms with van der Waals surface area (Å²) in [5, 5.41) is 0.581. The van der Waals surface area contributed by atoms with E-state index in [0.29, 0.717) is 24.0 Å². The van der Waals surface area contributed by atoms with Crippen LogP contribution in [0.4, 0.5) is 17.6 Å². The van der Waals surface area contributed by atoms with Crippen LogP contribution >= 0.6 is 0 Å². The normalized spacial score (nSPS) is 17.9. The van der Waals surface area contributed by atoms with Crippen molar-refractivity contribution in [2.75, 3.05) is 13.1 Å². The van der Waals surface area contributed by atoms with E-state index in [1.165, 1.54) is 19.1 Å². The molecule has 1 aromatic carbocycles. The second-order valence-electron chi connectivity index (χ2n) is 9.10. The van der Waals surface area contributed by atoms with Crippen molar-refractivity contribution in [1.29, 1.82) is 0 Å². The van der Waals surface area contributed by atoms with Gasteiger partial charge in [-0.25, -0.2) is 22.5 Å². The van der Waals surface area contributed by atoms with Gasteiger partial charge in [0, 0.05) is 56.8 Å². The van der Waals surface area contributed by atoms with Gasteiger partial charge < -0.3 is 9.47 Å². The van der Waals surface area contributed by atoms with E-state index >= 15 is 4.39 Å². The maximum atomic E-state index is 15.9. The van der Waals surface area contributed by atoms with Crippen molar-refractivity contribution >= 4 is 16.8 Å². The van der Waals surface area contributed by atoms with Gasteiger partial charge in [0.2, 0.25) is 5.91 Å². The van der Waals surface area contributed by atoms with Crippen LogP contribution in [0.3, 0.4) is 0 Å². The number of rotatable bonds is 4. The van der Waals surface area contributed by atoms with E-state index < -0.39 is 23.5 Å². The molecule has 3 aromatic rings. The predicted octanol–water partition coefficient (Wildman–Crippen LogP) is 4.36. The fraction of sp³-hybridized carbons (Fsp3) is 0.440. The van der Waals surface area contributed by atoms with Crippen molar-refractivity contribution in [3.05, 3.63) is 64.4 Å². The molecule has 0 saturated carbocycles. The quantitative estimate of drug-likeness (QED) is 0.514. The lowest BCUT2D eigenvalue weighted by molar-refractivity contribution is -0.131. The summed E-state index contributed by atoms with van der Waals surface area (Å²) in [6.07, 6.45) is 0.602. The van der Waals surface area contributed by atoms with Crippen molar-refractivity contribution in [2.24, 2.45) is 4.99 Å². The van der Waals surface area contributed by atoms with Gasteiger partial charge in [0.1, 0.15) is 11.6 Å². The predicted molar refractivity (Wildman–Crippen MR) is 121 cm³/mol. The first-order valence-electron chi connectivity index (χ1n) is 11.7. The van der Waals surface area contributed by atoms with E-state index in [1.54, 1.807) is 17.2 Å². The van der Waals surface area contributed by atoms with Gasteiger partial charge in [0.05, 0.1) is 29.5 Å². The molecule has 4 heterocycles. The van der Waals surface area contributed by atoms with Crippen LogP contribution in [-0.2, 0) is 30.0 Å². The highest BCUT2D eigenvalue weighted by atomic mass is 19.3. The zero-order valence-corrected chi connectivity index (χ0v) is 19.3. The van der Waals surface area contributed by atoms with Crippen molar-refractivity contribution in [1.82, 2.24) is 19.4 Å². The maximum Gasteiger partial charge on any atom is 0.266 e. The van der Waals surface area contributed by atoms with Gasteiger partial charge in [0.15, 0.2) is 11.2 Å². The van der Waals surface area contributed by atoms with Crippen LogP contribution in [0.5, 0.6) is 0 Å². The summed E-state index contributed by atoms with van der Waals surface area (Å²) in [6.45, 7) is 2.65. The Morgan fingerprint density at radius 2 is 2.00 bits per heavy atom. The summed E-state index contributed by atoms with van der Waals surface area (Å²) in [5.74, 6) is -0.260. The fourth-order valence-corrected chi connectivity index (χ4v) is 4.91. The molecule has 184 valence electrons. The molecule has 1 fully saturated rings. The number of amides is 1. The number of nitrogens with zero attached hydrogens (tertiary/aromatic N) is 5. The number of likely N-dealkylation sites (tertiary alicyclic amines) is 1. The van der Waals surface area contributed by atoms with Crippen molar-refractivity contribution in [3.63, 3.8) is 0 Å². The number of aryl methyl sites for hydroxylation is 2. The number of halogens is 4. The molecule has 0 aliphatic carbocycles. The van der Waals surface area contributed by atoms with E-state index in [0.717, 1.165) is 36.8 Å². The second kappa shape index (κ2) is 9.05. The largest absolute Gasteiger partial charge is 0.343 e. The molecule has 0 unspecified atom stereocenters. The molecule has 2 aliphatic rings. The number of alkyl halides is 3. The van der Waals surface area contributed by atoms with E-state index in [1.807, 2.05) is 4.57 Å². The Bertz CT molecular complexity index is 1360. The van der Waals surface area contributed by atoms with Gasteiger partial charge in [-0.2, -0.15) is 0 Å². The smallest absolute Gasteiger partial charge is 0.266 e. The number of fused-ring (bicyclic) bond motifs is 3. The molecule has 10 heteroatoms. The lowest BCUT2D eigenvalue weighted by atomic mass is 9.89. The maximum absolute atomic E-state index is 15.9. The summed E-state index contributed by atoms with van der Waals surface area (Å²) in [5.41, 5.74) is -1.01. The van der Waals surface area contributed by atoms with Crippen LogP contribution in [0, 0.1) is 5.82 Å². The molecule has 35 heavy (non-hydrogen) atoms. The zero-order chi connectivity index (χ0) is 24.7. The molecule has 5 rings (SSSR count). The van der Waals surface area contributed by atoms with Crippen LogP contribution in [0.25, 0.3) is 10.9 Å². The van der Waals surface area contributed by atoms with E-state index in [4.69, 9.17) is 0 Å². The Balaban J connectivity index is 1.57. The minimum atomic E-state index is -2.92. The second-order valence-corrected chi connectivity index (χ2v) is 9.10. The molecular weight excluding hydrogens is 462 g/mol. The van der Waals surface area contributed by atoms with Crippen LogP contribution in [0.1, 0.15) is 55.3 Å². The first kappa shape index (κ1) is 23.4. The Morgan fingerprint density at radius 1 is 1.23 bits per heavy atom. The zero-order valence-electron chi connectivity index (χ0n) is 19.3. The Kier molecular flexibility index (Phi) is 6.06. The highest BCUT2D eigenvalue weighted by Crippen LogP contribution is 2.37. The van der Waals surface area contributed by atoms with Gasteiger partial charge in [-0.1, -0.05) is 18.2 Å². The van der Waals surface area contributed by atoms with E-state index in [9.17, 15) is 18.0 Å². The summed E-state index contributed by atoms with van der Waals surface area (Å²) in [4.78, 5) is 26.8. The van der Waals surface area contributed by atoms with Gasteiger partial charge in [-0.05, 0) is 12.5 Å². The van der Waals surface area contributed by atoms with Gasteiger partial charge in [-0.15, -0.1) is 0 Å². The summed E-state index contributed by atoms with van der Waals surface area (Å²) >= 11 is 0. The summed E-state index contributed by atoms with van der Waals surface area (Å²) < 4.78 is 58.7. The van der Waals surface area contributed by atoms with Crippen LogP contribution < -0.4 is 5.49 Å². The number of benzene rings is 1. The number of piperidine rings is 1. The molecule has 1 saturated heterocycles. The Morgan fingerprint density at radius 3 is 2.71 bits per heavy atom. The number of carbonyl (C=O) groups is 1. The van der Waals surface area contributed by atoms with Gasteiger partial charge >= 0.3 is 0 Å². The third-order valence-electron chi connectivity index (χ3n) is 6.95. The molecule has 2 aliphatic heterocycles. The number of hydrogen-bond acceptors (Lipinski definition) is 4. The standard InChI is InChI=1S/C25H25F4N5O/c1-15(35)33-10-7-25(29,8-11-33)20-12-18-19(14-30-20)34-9-3-6-21(34)32-24(18)31-13-16-4-2-5-17(22(16)26)23(27)28/h2,4-5,12,14,23H,3,6-11,13H2,1H3. The number of pyridine rings is 1. The minimum absolute atomic E-state index is 0.0405. The molecule has 0 radical (unpaired) electrons. The van der Waals surface area contributed by atoms with E-state index in [2.05, 4.69) is 15.0 Å². The average molecular weight is 488 g/mol. The molecular formula is C25H25F4N5O. The highest BCUT2D eigenvalue weighted by molar-refractivity contribution is 5.78. The average Bonchev–Trinajstić information content (AvgIpc) is 3.32. The fourth-order valence-electron chi connectivity index (χ4n) is 4.91. The molecule has 6 nitrogen and oxygen atoms in total. The monoisotopic (exact) mass is 487 g/mol. The Hall–Kier alpha value is -3.30. The molecule has 0 atom stereocenters. The third kappa shape index (κ3) is 4.30. The summed E-state index contributed by atoms with van der Waals surface area (Å²) in [7, 11) is 0. The Labute approximate surface area is 199 Å². The number of hydrogen-bond donors (Lipinski definition) is 0. The molecule has 0 spiro atoms.